The van der Waals surface area contributed by atoms with Crippen LogP contribution in [0.5, 0.6) is 0 Å². The average molecular weight is 490 g/mol. The van der Waals surface area contributed by atoms with Gasteiger partial charge >= 0.3 is 20.3 Å². The van der Waals surface area contributed by atoms with Gasteiger partial charge in [0.25, 0.3) is 5.56 Å². The molecule has 4 unspecified atom stereocenters. The molecule has 2 heterocycles. The van der Waals surface area contributed by atoms with E-state index in [1.165, 1.54) is 27.2 Å². The number of nitrogens with one attached hydrogen (secondary N) is 1. The molecule has 3 N–H and O–H groups in total. The normalized spacial score (nSPS) is 28.4. The Kier molecular flexibility index (Phi) is 8.68. The van der Waals surface area contributed by atoms with E-state index in [4.69, 9.17) is 18.5 Å². The number of hydrogen-bond acceptors (Lipinski definition) is 10. The summed E-state index contributed by atoms with van der Waals surface area (Å²) < 4.78 is 51.0. The molecule has 6 atom stereocenters. The molecule has 1 saturated heterocycles. The van der Waals surface area contributed by atoms with Gasteiger partial charge in [0.1, 0.15) is 12.2 Å². The van der Waals surface area contributed by atoms with E-state index in [9.17, 15) is 28.5 Å². The Bertz CT molecular complexity index is 935. The molecule has 13 nitrogen and oxygen atoms in total. The number of phosphoric ester groups is 1. The molecular weight excluding hydrogens is 466 g/mol. The smallest absolute Gasteiger partial charge is 0.374 e. The molecule has 1 aliphatic heterocycles. The third kappa shape index (κ3) is 6.60. The van der Waals surface area contributed by atoms with Gasteiger partial charge in [-0.25, -0.2) is 13.9 Å². The maximum absolute atomic E-state index is 12.3. The van der Waals surface area contributed by atoms with Crippen LogP contribution in [0.25, 0.3) is 0 Å². The number of ether oxygens (including phenoxy) is 2. The van der Waals surface area contributed by atoms with E-state index in [1.54, 1.807) is 0 Å². The van der Waals surface area contributed by atoms with Crippen molar-refractivity contribution < 1.29 is 42.0 Å². The predicted molar refractivity (Wildman–Crippen MR) is 106 cm³/mol. The van der Waals surface area contributed by atoms with Crippen LogP contribution in [0.2, 0.25) is 0 Å². The fraction of sp³-hybridized carbons (Fsp3) is 0.714. The number of aromatic amines is 1. The molecule has 0 saturated carbocycles. The van der Waals surface area contributed by atoms with E-state index < -0.39 is 56.5 Å². The van der Waals surface area contributed by atoms with Crippen LogP contribution in [0, 0.1) is 0 Å². The van der Waals surface area contributed by atoms with Crippen molar-refractivity contribution >= 4 is 26.0 Å². The van der Waals surface area contributed by atoms with Gasteiger partial charge in [0.2, 0.25) is 0 Å². The highest BCUT2D eigenvalue weighted by Crippen LogP contribution is 2.57. The maximum atomic E-state index is 12.3. The Labute approximate surface area is 175 Å². The molecule has 0 aliphatic carbocycles. The molecule has 1 aromatic heterocycles. The van der Waals surface area contributed by atoms with Gasteiger partial charge in [-0.2, -0.15) is 0 Å². The fourth-order valence-electron chi connectivity index (χ4n) is 2.74. The van der Waals surface area contributed by atoms with Gasteiger partial charge in [-0.15, -0.1) is 0 Å². The van der Waals surface area contributed by atoms with Crippen LogP contribution in [-0.4, -0.2) is 63.7 Å². The molecular formula is C14H24N2O11P2S. The first-order valence-electron chi connectivity index (χ1n) is 8.61. The Morgan fingerprint density at radius 2 is 1.93 bits per heavy atom. The van der Waals surface area contributed by atoms with Crippen molar-refractivity contribution in [1.29, 1.82) is 0 Å². The lowest BCUT2D eigenvalue weighted by molar-refractivity contribution is -0.0514. The van der Waals surface area contributed by atoms with Crippen LogP contribution in [0.15, 0.2) is 21.9 Å². The van der Waals surface area contributed by atoms with Crippen LogP contribution < -0.4 is 11.2 Å². The second-order valence-corrected chi connectivity index (χ2v) is 11.8. The van der Waals surface area contributed by atoms with E-state index in [0.717, 1.165) is 17.7 Å². The fourth-order valence-corrected chi connectivity index (χ4v) is 5.91. The number of phosphoric acid groups is 1. The molecule has 1 aromatic rings. The summed E-state index contributed by atoms with van der Waals surface area (Å²) in [6.45, 7) is -0.942. The van der Waals surface area contributed by atoms with Crippen molar-refractivity contribution in [2.24, 2.45) is 0 Å². The van der Waals surface area contributed by atoms with Crippen molar-refractivity contribution in [2.75, 3.05) is 20.0 Å². The quantitative estimate of drug-likeness (QED) is 0.395. The van der Waals surface area contributed by atoms with Gasteiger partial charge in [0, 0.05) is 32.2 Å². The van der Waals surface area contributed by atoms with Crippen LogP contribution in [0.1, 0.15) is 20.1 Å². The summed E-state index contributed by atoms with van der Waals surface area (Å²) in [6, 6.07) is 1.08. The van der Waals surface area contributed by atoms with Crippen LogP contribution in [-0.2, 0) is 32.2 Å². The second kappa shape index (κ2) is 10.2. The minimum absolute atomic E-state index is 0.206. The highest BCUT2D eigenvalue weighted by molar-refractivity contribution is 8.54. The molecule has 0 bridgehead atoms. The Balaban J connectivity index is 2.38. The summed E-state index contributed by atoms with van der Waals surface area (Å²) in [4.78, 5) is 45.3. The van der Waals surface area contributed by atoms with E-state index in [2.05, 4.69) is 9.51 Å². The van der Waals surface area contributed by atoms with Crippen LogP contribution in [0.3, 0.4) is 0 Å². The minimum Gasteiger partial charge on any atom is -0.374 e. The van der Waals surface area contributed by atoms with Gasteiger partial charge in [-0.05, 0) is 25.2 Å². The summed E-state index contributed by atoms with van der Waals surface area (Å²) in [6.07, 6.45) is -4.08. The molecule has 1 aliphatic rings. The maximum Gasteiger partial charge on any atom is 0.472 e. The van der Waals surface area contributed by atoms with Gasteiger partial charge in [-0.3, -0.25) is 23.4 Å². The SMILES string of the molecule is COC1C(OP(=O)(O)OC(C)C)[C@@H](CSP(=O)(O)OC)O[C@H]1n1ccc(=O)[nH]c1=O. The zero-order chi connectivity index (χ0) is 22.7. The third-order valence-corrected chi connectivity index (χ3v) is 8.25. The Hall–Kier alpha value is -0.790. The lowest BCUT2D eigenvalue weighted by Gasteiger charge is -2.26. The lowest BCUT2D eigenvalue weighted by Crippen LogP contribution is -2.39. The average Bonchev–Trinajstić information content (AvgIpc) is 2.95. The summed E-state index contributed by atoms with van der Waals surface area (Å²) in [7, 11) is -2.25. The first-order valence-corrected chi connectivity index (χ1v) is 13.3. The van der Waals surface area contributed by atoms with E-state index in [-0.39, 0.29) is 5.75 Å². The van der Waals surface area contributed by atoms with Crippen molar-refractivity contribution in [2.45, 2.75) is 44.5 Å². The first-order chi connectivity index (χ1) is 13.9. The molecule has 0 radical (unpaired) electrons. The zero-order valence-corrected chi connectivity index (χ0v) is 19.2. The van der Waals surface area contributed by atoms with E-state index >= 15 is 0 Å². The van der Waals surface area contributed by atoms with Crippen molar-refractivity contribution in [3.05, 3.63) is 33.1 Å². The monoisotopic (exact) mass is 490 g/mol. The molecule has 2 rings (SSSR count). The number of H-pyrrole nitrogens is 1. The molecule has 0 aromatic carbocycles. The molecule has 0 spiro atoms. The zero-order valence-electron chi connectivity index (χ0n) is 16.6. The third-order valence-electron chi connectivity index (χ3n) is 3.91. The van der Waals surface area contributed by atoms with E-state index in [1.807, 2.05) is 0 Å². The van der Waals surface area contributed by atoms with E-state index in [0.29, 0.717) is 11.4 Å². The first kappa shape index (κ1) is 25.5. The largest absolute Gasteiger partial charge is 0.472 e. The summed E-state index contributed by atoms with van der Waals surface area (Å²) in [5.41, 5.74) is -1.44. The number of nitrogens with zero attached hydrogens (tertiary/aromatic N) is 1. The highest BCUT2D eigenvalue weighted by Gasteiger charge is 2.50. The minimum atomic E-state index is -4.57. The van der Waals surface area contributed by atoms with Crippen LogP contribution in [0.4, 0.5) is 0 Å². The lowest BCUT2D eigenvalue weighted by atomic mass is 10.1. The molecule has 1 fully saturated rings. The van der Waals surface area contributed by atoms with Crippen LogP contribution >= 0.6 is 26.0 Å². The summed E-state index contributed by atoms with van der Waals surface area (Å²) in [5, 5.41) is 0. The van der Waals surface area contributed by atoms with Gasteiger partial charge in [0.05, 0.1) is 12.2 Å². The summed E-state index contributed by atoms with van der Waals surface area (Å²) in [5.74, 6) is -0.206. The standard InChI is InChI=1S/C14H24N2O11P2S/c1-8(2)26-28(19,20)27-11-9(7-30-29(21,22)24-4)25-13(12(11)23-3)16-6-5-10(17)15-14(16)18/h5-6,8-9,11-13H,7H2,1-4H3,(H,19,20)(H,21,22)(H,15,17,18)/t9-,11?,12?,13-/m1/s1. The molecule has 0 amide bonds. The van der Waals surface area contributed by atoms with Crippen molar-refractivity contribution in [1.82, 2.24) is 9.55 Å². The number of methoxy groups -OCH3 is 1. The second-order valence-electron chi connectivity index (χ2n) is 6.42. The number of aromatic nitrogens is 2. The Morgan fingerprint density at radius 3 is 2.47 bits per heavy atom. The predicted octanol–water partition coefficient (Wildman–Crippen LogP) is 0.840. The van der Waals surface area contributed by atoms with Gasteiger partial charge in [0.15, 0.2) is 6.23 Å². The number of hydrogen-bond donors (Lipinski definition) is 3. The van der Waals surface area contributed by atoms with Crippen molar-refractivity contribution in [3.8, 4) is 0 Å². The molecule has 16 heteroatoms. The topological polar surface area (TPSA) is 176 Å². The van der Waals surface area contributed by atoms with Gasteiger partial charge < -0.3 is 23.8 Å². The highest BCUT2D eigenvalue weighted by atomic mass is 32.7. The summed E-state index contributed by atoms with van der Waals surface area (Å²) >= 11 is 0.507. The Morgan fingerprint density at radius 1 is 1.27 bits per heavy atom. The van der Waals surface area contributed by atoms with Crippen molar-refractivity contribution in [3.63, 3.8) is 0 Å². The molecule has 30 heavy (non-hydrogen) atoms. The number of rotatable bonds is 10. The molecule has 172 valence electrons. The van der Waals surface area contributed by atoms with Gasteiger partial charge in [-0.1, -0.05) is 0 Å².